The van der Waals surface area contributed by atoms with Gasteiger partial charge in [-0.3, -0.25) is 4.79 Å². The van der Waals surface area contributed by atoms with Crippen LogP contribution in [0.15, 0.2) is 53.0 Å². The fraction of sp³-hybridized carbons (Fsp3) is 0.133. The van der Waals surface area contributed by atoms with Crippen molar-refractivity contribution in [3.05, 3.63) is 64.1 Å². The van der Waals surface area contributed by atoms with Gasteiger partial charge in [-0.05, 0) is 30.3 Å². The Kier molecular flexibility index (Phi) is 4.71. The van der Waals surface area contributed by atoms with Gasteiger partial charge in [-0.25, -0.2) is 0 Å². The molecule has 0 aliphatic heterocycles. The fourth-order valence-corrected chi connectivity index (χ4v) is 1.98. The molecular formula is C15H14BrNO2. The Morgan fingerprint density at radius 2 is 1.84 bits per heavy atom. The van der Waals surface area contributed by atoms with Gasteiger partial charge in [0.15, 0.2) is 0 Å². The molecule has 0 bridgehead atoms. The zero-order valence-electron chi connectivity index (χ0n) is 10.5. The zero-order chi connectivity index (χ0) is 13.7. The van der Waals surface area contributed by atoms with Crippen molar-refractivity contribution in [3.8, 4) is 0 Å². The highest BCUT2D eigenvalue weighted by Gasteiger charge is 2.08. The van der Waals surface area contributed by atoms with Crippen LogP contribution in [0.3, 0.4) is 0 Å². The summed E-state index contributed by atoms with van der Waals surface area (Å²) in [5.74, 6) is -0.129. The van der Waals surface area contributed by atoms with E-state index in [2.05, 4.69) is 21.2 Å². The van der Waals surface area contributed by atoms with Crippen molar-refractivity contribution >= 4 is 27.5 Å². The summed E-state index contributed by atoms with van der Waals surface area (Å²) in [5.41, 5.74) is 2.35. The highest BCUT2D eigenvalue weighted by atomic mass is 79.9. The number of hydrogen-bond acceptors (Lipinski definition) is 2. The molecule has 0 saturated carbocycles. The molecule has 0 aliphatic carbocycles. The van der Waals surface area contributed by atoms with Crippen LogP contribution in [-0.2, 0) is 11.3 Å². The Morgan fingerprint density at radius 1 is 1.16 bits per heavy atom. The second-order valence-corrected chi connectivity index (χ2v) is 4.97. The average Bonchev–Trinajstić information content (AvgIpc) is 2.42. The van der Waals surface area contributed by atoms with Crippen molar-refractivity contribution < 1.29 is 9.53 Å². The Morgan fingerprint density at radius 3 is 2.53 bits per heavy atom. The van der Waals surface area contributed by atoms with Gasteiger partial charge in [-0.1, -0.05) is 34.1 Å². The van der Waals surface area contributed by atoms with Gasteiger partial charge in [0.25, 0.3) is 5.91 Å². The molecule has 98 valence electrons. The minimum atomic E-state index is -0.129. The van der Waals surface area contributed by atoms with Gasteiger partial charge in [0, 0.05) is 28.4 Å². The molecule has 0 unspecified atom stereocenters. The molecule has 1 N–H and O–H groups in total. The quantitative estimate of drug-likeness (QED) is 0.929. The van der Waals surface area contributed by atoms with Crippen LogP contribution in [0.25, 0.3) is 0 Å². The fourth-order valence-electron chi connectivity index (χ4n) is 1.72. The summed E-state index contributed by atoms with van der Waals surface area (Å²) in [6.45, 7) is 0.469. The third kappa shape index (κ3) is 3.66. The van der Waals surface area contributed by atoms with E-state index >= 15 is 0 Å². The largest absolute Gasteiger partial charge is 0.380 e. The molecule has 4 heteroatoms. The molecule has 0 radical (unpaired) electrons. The van der Waals surface area contributed by atoms with Gasteiger partial charge in [-0.2, -0.15) is 0 Å². The lowest BCUT2D eigenvalue weighted by atomic mass is 10.1. The first-order valence-corrected chi connectivity index (χ1v) is 6.64. The molecule has 0 aliphatic rings. The maximum absolute atomic E-state index is 12.1. The summed E-state index contributed by atoms with van der Waals surface area (Å²) in [6.07, 6.45) is 0. The number of rotatable bonds is 4. The predicted molar refractivity (Wildman–Crippen MR) is 79.3 cm³/mol. The summed E-state index contributed by atoms with van der Waals surface area (Å²) in [7, 11) is 1.63. The van der Waals surface area contributed by atoms with Crippen LogP contribution in [0.2, 0.25) is 0 Å². The molecule has 1 amide bonds. The molecule has 19 heavy (non-hydrogen) atoms. The maximum Gasteiger partial charge on any atom is 0.255 e. The van der Waals surface area contributed by atoms with E-state index in [-0.39, 0.29) is 5.91 Å². The van der Waals surface area contributed by atoms with E-state index in [0.717, 1.165) is 15.7 Å². The molecule has 2 aromatic carbocycles. The maximum atomic E-state index is 12.1. The molecule has 0 fully saturated rings. The number of anilines is 1. The van der Waals surface area contributed by atoms with Gasteiger partial charge in [0.2, 0.25) is 0 Å². The van der Waals surface area contributed by atoms with Gasteiger partial charge in [-0.15, -0.1) is 0 Å². The molecule has 2 aromatic rings. The second kappa shape index (κ2) is 6.50. The van der Waals surface area contributed by atoms with Crippen molar-refractivity contribution in [3.63, 3.8) is 0 Å². The Balaban J connectivity index is 2.16. The molecule has 0 heterocycles. The monoisotopic (exact) mass is 319 g/mol. The van der Waals surface area contributed by atoms with E-state index in [9.17, 15) is 4.79 Å². The molecule has 3 nitrogen and oxygen atoms in total. The Bertz CT molecular complexity index is 567. The van der Waals surface area contributed by atoms with E-state index in [4.69, 9.17) is 4.74 Å². The minimum Gasteiger partial charge on any atom is -0.380 e. The molecule has 2 rings (SSSR count). The van der Waals surface area contributed by atoms with Gasteiger partial charge in [0.1, 0.15) is 0 Å². The van der Waals surface area contributed by atoms with Crippen LogP contribution < -0.4 is 5.32 Å². The van der Waals surface area contributed by atoms with E-state index in [1.165, 1.54) is 0 Å². The highest BCUT2D eigenvalue weighted by molar-refractivity contribution is 9.10. The van der Waals surface area contributed by atoms with Crippen LogP contribution in [0.5, 0.6) is 0 Å². The number of halogens is 1. The average molecular weight is 320 g/mol. The number of carbonyl (C=O) groups excluding carboxylic acids is 1. The topological polar surface area (TPSA) is 38.3 Å². The van der Waals surface area contributed by atoms with Crippen LogP contribution in [0.4, 0.5) is 5.69 Å². The summed E-state index contributed by atoms with van der Waals surface area (Å²) < 4.78 is 6.06. The van der Waals surface area contributed by atoms with Crippen LogP contribution >= 0.6 is 15.9 Å². The van der Waals surface area contributed by atoms with Gasteiger partial charge >= 0.3 is 0 Å². The lowest BCUT2D eigenvalue weighted by Gasteiger charge is -2.10. The number of amides is 1. The normalized spacial score (nSPS) is 10.2. The standard InChI is InChI=1S/C15H14BrNO2/c1-19-10-12-4-2-3-5-14(12)17-15(18)11-6-8-13(16)9-7-11/h2-9H,10H2,1H3,(H,17,18). The first-order valence-electron chi connectivity index (χ1n) is 5.84. The smallest absolute Gasteiger partial charge is 0.255 e. The van der Waals surface area contributed by atoms with E-state index in [1.54, 1.807) is 19.2 Å². The van der Waals surface area contributed by atoms with Crippen molar-refractivity contribution in [2.45, 2.75) is 6.61 Å². The van der Waals surface area contributed by atoms with Gasteiger partial charge < -0.3 is 10.1 Å². The third-order valence-corrected chi connectivity index (χ3v) is 3.20. The molecule has 0 aromatic heterocycles. The molecule has 0 spiro atoms. The number of methoxy groups -OCH3 is 1. The summed E-state index contributed by atoms with van der Waals surface area (Å²) in [5, 5.41) is 2.90. The summed E-state index contributed by atoms with van der Waals surface area (Å²) in [6, 6.07) is 14.8. The van der Waals surface area contributed by atoms with Crippen molar-refractivity contribution in [1.82, 2.24) is 0 Å². The van der Waals surface area contributed by atoms with Gasteiger partial charge in [0.05, 0.1) is 6.61 Å². The predicted octanol–water partition coefficient (Wildman–Crippen LogP) is 3.85. The molecule has 0 saturated heterocycles. The molecular weight excluding hydrogens is 306 g/mol. The third-order valence-electron chi connectivity index (χ3n) is 2.67. The number of benzene rings is 2. The lowest BCUT2D eigenvalue weighted by Crippen LogP contribution is -2.13. The minimum absolute atomic E-state index is 0.129. The van der Waals surface area contributed by atoms with Crippen molar-refractivity contribution in [2.24, 2.45) is 0 Å². The number of ether oxygens (including phenoxy) is 1. The first-order chi connectivity index (χ1) is 9.20. The second-order valence-electron chi connectivity index (χ2n) is 4.05. The van der Waals surface area contributed by atoms with Crippen LogP contribution in [0.1, 0.15) is 15.9 Å². The number of nitrogens with one attached hydrogen (secondary N) is 1. The van der Waals surface area contributed by atoms with Crippen molar-refractivity contribution in [1.29, 1.82) is 0 Å². The lowest BCUT2D eigenvalue weighted by molar-refractivity contribution is 0.102. The number of hydrogen-bond donors (Lipinski definition) is 1. The van der Waals surface area contributed by atoms with Crippen LogP contribution in [-0.4, -0.2) is 13.0 Å². The van der Waals surface area contributed by atoms with E-state index in [0.29, 0.717) is 12.2 Å². The number of carbonyl (C=O) groups is 1. The Labute approximate surface area is 120 Å². The first kappa shape index (κ1) is 13.8. The summed E-state index contributed by atoms with van der Waals surface area (Å²) in [4.78, 5) is 12.1. The van der Waals surface area contributed by atoms with E-state index in [1.807, 2.05) is 36.4 Å². The van der Waals surface area contributed by atoms with Crippen molar-refractivity contribution in [2.75, 3.05) is 12.4 Å². The highest BCUT2D eigenvalue weighted by Crippen LogP contribution is 2.17. The SMILES string of the molecule is COCc1ccccc1NC(=O)c1ccc(Br)cc1. The number of para-hydroxylation sites is 1. The molecule has 0 atom stereocenters. The Hall–Kier alpha value is -1.65. The van der Waals surface area contributed by atoms with E-state index < -0.39 is 0 Å². The zero-order valence-corrected chi connectivity index (χ0v) is 12.1. The summed E-state index contributed by atoms with van der Waals surface area (Å²) >= 11 is 3.35. The van der Waals surface area contributed by atoms with Crippen LogP contribution in [0, 0.1) is 0 Å².